The van der Waals surface area contributed by atoms with Gasteiger partial charge in [0.2, 0.25) is 0 Å². The van der Waals surface area contributed by atoms with Crippen molar-refractivity contribution in [2.45, 2.75) is 97.9 Å². The number of hydrogen-bond acceptors (Lipinski definition) is 7. The number of ketones is 1. The van der Waals surface area contributed by atoms with E-state index >= 15 is 0 Å². The number of carbonyl (C=O) groups is 2. The van der Waals surface area contributed by atoms with E-state index in [1.807, 2.05) is 39.2 Å². The van der Waals surface area contributed by atoms with Crippen LogP contribution < -0.4 is 5.32 Å². The van der Waals surface area contributed by atoms with Gasteiger partial charge in [-0.1, -0.05) is 20.8 Å². The minimum absolute atomic E-state index is 0.0341. The average Bonchev–Trinajstić information content (AvgIpc) is 3.25. The van der Waals surface area contributed by atoms with Crippen LogP contribution in [0.2, 0.25) is 0 Å². The standard InChI is InChI=1S/C26H40N2O4S/c1-17-11-12-21(29)10-8-9-13-27-15-22-26(7,31-22)24(4,5)25(6,32-23(17)30)18(2)14-20-16-33-19(3)28-20/h14,16-17,22,27H,8-13,15H2,1-7H3. The number of carbonyl (C=O) groups excluding carboxylic acids is 2. The average molecular weight is 477 g/mol. The minimum atomic E-state index is -0.916. The molecule has 184 valence electrons. The van der Waals surface area contributed by atoms with Crippen molar-refractivity contribution in [3.8, 4) is 0 Å². The second-order valence-corrected chi connectivity index (χ2v) is 11.6. The molecule has 3 heterocycles. The number of rotatable bonds is 2. The first-order valence-electron chi connectivity index (χ1n) is 12.1. The van der Waals surface area contributed by atoms with Crippen LogP contribution in [0, 0.1) is 18.3 Å². The number of esters is 1. The van der Waals surface area contributed by atoms with Gasteiger partial charge in [0, 0.05) is 30.2 Å². The Bertz CT molecular complexity index is 908. The van der Waals surface area contributed by atoms with Crippen LogP contribution in [-0.2, 0) is 19.1 Å². The highest BCUT2D eigenvalue weighted by Gasteiger charge is 2.68. The number of nitrogens with zero attached hydrogens (tertiary/aromatic N) is 1. The van der Waals surface area contributed by atoms with Crippen molar-refractivity contribution >= 4 is 29.2 Å². The van der Waals surface area contributed by atoms with Crippen molar-refractivity contribution in [3.63, 3.8) is 0 Å². The lowest BCUT2D eigenvalue weighted by atomic mass is 9.63. The van der Waals surface area contributed by atoms with Crippen LogP contribution in [-0.4, -0.2) is 47.1 Å². The predicted octanol–water partition coefficient (Wildman–Crippen LogP) is 5.10. The van der Waals surface area contributed by atoms with Crippen LogP contribution in [0.4, 0.5) is 0 Å². The molecule has 2 fully saturated rings. The quantitative estimate of drug-likeness (QED) is 0.472. The molecule has 0 aromatic carbocycles. The largest absolute Gasteiger partial charge is 0.454 e. The third-order valence-electron chi connectivity index (χ3n) is 8.08. The smallest absolute Gasteiger partial charge is 0.309 e. The Morgan fingerprint density at radius 3 is 2.61 bits per heavy atom. The van der Waals surface area contributed by atoms with E-state index in [-0.39, 0.29) is 23.8 Å². The van der Waals surface area contributed by atoms with Gasteiger partial charge in [-0.05, 0) is 65.2 Å². The number of aromatic nitrogens is 1. The van der Waals surface area contributed by atoms with Gasteiger partial charge in [-0.25, -0.2) is 4.98 Å². The van der Waals surface area contributed by atoms with Gasteiger partial charge in [0.05, 0.1) is 16.6 Å². The summed E-state index contributed by atoms with van der Waals surface area (Å²) in [6, 6.07) is 0. The molecule has 3 rings (SSSR count). The Labute approximate surface area is 202 Å². The van der Waals surface area contributed by atoms with Gasteiger partial charge >= 0.3 is 5.97 Å². The van der Waals surface area contributed by atoms with Gasteiger partial charge < -0.3 is 14.8 Å². The summed E-state index contributed by atoms with van der Waals surface area (Å²) < 4.78 is 12.6. The molecule has 1 aromatic heterocycles. The van der Waals surface area contributed by atoms with E-state index < -0.39 is 16.6 Å². The van der Waals surface area contributed by atoms with Gasteiger partial charge in [-0.15, -0.1) is 11.3 Å². The van der Waals surface area contributed by atoms with Crippen molar-refractivity contribution in [2.24, 2.45) is 11.3 Å². The monoisotopic (exact) mass is 476 g/mol. The molecule has 0 radical (unpaired) electrons. The molecule has 2 saturated heterocycles. The number of epoxide rings is 1. The zero-order valence-electron chi connectivity index (χ0n) is 21.2. The summed E-state index contributed by atoms with van der Waals surface area (Å²) in [7, 11) is 0. The van der Waals surface area contributed by atoms with Gasteiger partial charge in [0.15, 0.2) is 0 Å². The van der Waals surface area contributed by atoms with E-state index in [1.54, 1.807) is 11.3 Å². The second kappa shape index (κ2) is 9.96. The normalized spacial score (nSPS) is 34.5. The fourth-order valence-corrected chi connectivity index (χ4v) is 5.33. The number of thiazole rings is 1. The second-order valence-electron chi connectivity index (χ2n) is 10.6. The zero-order valence-corrected chi connectivity index (χ0v) is 22.1. The van der Waals surface area contributed by atoms with E-state index in [0.717, 1.165) is 42.2 Å². The van der Waals surface area contributed by atoms with E-state index in [9.17, 15) is 9.59 Å². The highest BCUT2D eigenvalue weighted by Crippen LogP contribution is 2.58. The molecule has 4 unspecified atom stereocenters. The van der Waals surface area contributed by atoms with Crippen molar-refractivity contribution in [3.05, 3.63) is 21.7 Å². The van der Waals surface area contributed by atoms with E-state index in [0.29, 0.717) is 19.3 Å². The SMILES string of the molecule is CC(=Cc1csc(C)n1)C1(C)OC(=O)C(C)CCC(=O)CCCCNCC2OC2(C)C1(C)C. The Balaban J connectivity index is 1.96. The third kappa shape index (κ3) is 5.41. The zero-order chi connectivity index (χ0) is 24.4. The van der Waals surface area contributed by atoms with Crippen LogP contribution in [0.1, 0.15) is 84.3 Å². The highest BCUT2D eigenvalue weighted by molar-refractivity contribution is 7.09. The van der Waals surface area contributed by atoms with Gasteiger partial charge in [-0.2, -0.15) is 0 Å². The summed E-state index contributed by atoms with van der Waals surface area (Å²) in [4.78, 5) is 30.1. The van der Waals surface area contributed by atoms with Gasteiger partial charge in [0.1, 0.15) is 23.1 Å². The Morgan fingerprint density at radius 2 is 1.94 bits per heavy atom. The molecule has 33 heavy (non-hydrogen) atoms. The molecular formula is C26H40N2O4S. The van der Waals surface area contributed by atoms with Crippen molar-refractivity contribution in [1.82, 2.24) is 10.3 Å². The molecule has 2 aliphatic rings. The van der Waals surface area contributed by atoms with Crippen LogP contribution >= 0.6 is 11.3 Å². The lowest BCUT2D eigenvalue weighted by molar-refractivity contribution is -0.174. The molecule has 0 bridgehead atoms. The fourth-order valence-electron chi connectivity index (χ4n) is 4.76. The minimum Gasteiger partial charge on any atom is -0.454 e. The molecule has 1 aromatic rings. The number of hydrogen-bond donors (Lipinski definition) is 1. The van der Waals surface area contributed by atoms with Gasteiger partial charge in [-0.3, -0.25) is 9.59 Å². The third-order valence-corrected chi connectivity index (χ3v) is 8.88. The van der Waals surface area contributed by atoms with E-state index in [2.05, 4.69) is 31.1 Å². The van der Waals surface area contributed by atoms with Crippen LogP contribution in [0.3, 0.4) is 0 Å². The summed E-state index contributed by atoms with van der Waals surface area (Å²) in [5.74, 6) is -0.402. The molecule has 2 aliphatic heterocycles. The maximum atomic E-state index is 13.3. The number of Topliss-reactive ketones (excluding diaryl/α,β-unsaturated/α-hetero) is 1. The molecule has 0 saturated carbocycles. The van der Waals surface area contributed by atoms with Crippen molar-refractivity contribution in [1.29, 1.82) is 0 Å². The summed E-state index contributed by atoms with van der Waals surface area (Å²) in [6.45, 7) is 15.8. The van der Waals surface area contributed by atoms with E-state index in [4.69, 9.17) is 9.47 Å². The maximum Gasteiger partial charge on any atom is 0.309 e. The van der Waals surface area contributed by atoms with Gasteiger partial charge in [0.25, 0.3) is 0 Å². The summed E-state index contributed by atoms with van der Waals surface area (Å²) in [6.07, 6.45) is 5.38. The molecular weight excluding hydrogens is 436 g/mol. The molecule has 6 nitrogen and oxygen atoms in total. The maximum absolute atomic E-state index is 13.3. The Hall–Kier alpha value is -1.57. The van der Waals surface area contributed by atoms with Crippen molar-refractivity contribution < 1.29 is 19.1 Å². The first-order valence-corrected chi connectivity index (χ1v) is 13.0. The molecule has 7 heteroatoms. The highest BCUT2D eigenvalue weighted by atomic mass is 32.1. The first-order chi connectivity index (χ1) is 15.4. The Kier molecular flexibility index (Phi) is 7.86. The van der Waals surface area contributed by atoms with Crippen LogP contribution in [0.15, 0.2) is 11.0 Å². The summed E-state index contributed by atoms with van der Waals surface area (Å²) >= 11 is 1.60. The number of fused-ring (bicyclic) bond motifs is 1. The summed E-state index contributed by atoms with van der Waals surface area (Å²) in [5.41, 5.74) is -0.0769. The van der Waals surface area contributed by atoms with E-state index in [1.165, 1.54) is 0 Å². The summed E-state index contributed by atoms with van der Waals surface area (Å²) in [5, 5.41) is 6.50. The molecule has 0 amide bonds. The Morgan fingerprint density at radius 1 is 1.21 bits per heavy atom. The topological polar surface area (TPSA) is 80.8 Å². The fraction of sp³-hybridized carbons (Fsp3) is 0.731. The number of cyclic esters (lactones) is 1. The predicted molar refractivity (Wildman–Crippen MR) is 132 cm³/mol. The molecule has 0 aliphatic carbocycles. The number of nitrogens with one attached hydrogen (secondary N) is 1. The van der Waals surface area contributed by atoms with Crippen LogP contribution in [0.5, 0.6) is 0 Å². The number of aryl methyl sites for hydroxylation is 1. The lowest BCUT2D eigenvalue weighted by Gasteiger charge is -2.47. The van der Waals surface area contributed by atoms with Crippen LogP contribution in [0.25, 0.3) is 6.08 Å². The molecule has 0 spiro atoms. The lowest BCUT2D eigenvalue weighted by Crippen LogP contribution is -2.55. The first kappa shape index (κ1) is 26.0. The molecule has 1 N–H and O–H groups in total. The molecule has 4 atom stereocenters. The van der Waals surface area contributed by atoms with Crippen molar-refractivity contribution in [2.75, 3.05) is 13.1 Å². The number of ether oxygens (including phenoxy) is 2.